The van der Waals surface area contributed by atoms with Crippen LogP contribution in [0.2, 0.25) is 0 Å². The van der Waals surface area contributed by atoms with E-state index >= 15 is 0 Å². The van der Waals surface area contributed by atoms with Crippen molar-refractivity contribution in [2.75, 3.05) is 23.4 Å². The average molecular weight is 416 g/mol. The van der Waals surface area contributed by atoms with Crippen molar-refractivity contribution >= 4 is 39.8 Å². The molecule has 1 unspecified atom stereocenters. The molecule has 0 saturated heterocycles. The minimum atomic E-state index is -0.604. The molecule has 1 aromatic carbocycles. The molecule has 0 aliphatic carbocycles. The molecule has 1 aliphatic rings. The Hall–Kier alpha value is -2.87. The van der Waals surface area contributed by atoms with Crippen LogP contribution in [-0.2, 0) is 20.7 Å². The first-order valence-electron chi connectivity index (χ1n) is 9.61. The molecule has 29 heavy (non-hydrogen) atoms. The highest BCUT2D eigenvalue weighted by molar-refractivity contribution is 7.16. The van der Waals surface area contributed by atoms with Gasteiger partial charge in [-0.05, 0) is 38.5 Å². The SMILES string of the molecule is CCOC(=O)c1cc(CC)sc1NC(=O)CCN1C(=O)C(C)Oc2ccccc21. The maximum atomic E-state index is 12.6. The molecule has 2 amide bonds. The van der Waals surface area contributed by atoms with Gasteiger partial charge in [-0.3, -0.25) is 9.59 Å². The number of nitrogens with one attached hydrogen (secondary N) is 1. The van der Waals surface area contributed by atoms with Crippen LogP contribution in [0.1, 0.15) is 42.4 Å². The summed E-state index contributed by atoms with van der Waals surface area (Å²) in [7, 11) is 0. The van der Waals surface area contributed by atoms with Gasteiger partial charge in [-0.15, -0.1) is 11.3 Å². The van der Waals surface area contributed by atoms with Crippen molar-refractivity contribution < 1.29 is 23.9 Å². The maximum Gasteiger partial charge on any atom is 0.341 e. The maximum absolute atomic E-state index is 12.6. The molecule has 1 aliphatic heterocycles. The van der Waals surface area contributed by atoms with E-state index in [0.717, 1.165) is 11.3 Å². The summed E-state index contributed by atoms with van der Waals surface area (Å²) in [6, 6.07) is 9.01. The van der Waals surface area contributed by atoms with Crippen LogP contribution >= 0.6 is 11.3 Å². The summed E-state index contributed by atoms with van der Waals surface area (Å²) in [4.78, 5) is 39.8. The molecule has 1 N–H and O–H groups in total. The second-order valence-electron chi connectivity index (χ2n) is 6.55. The van der Waals surface area contributed by atoms with Gasteiger partial charge in [0.2, 0.25) is 5.91 Å². The number of benzene rings is 1. The van der Waals surface area contributed by atoms with Gasteiger partial charge in [-0.25, -0.2) is 4.79 Å². The van der Waals surface area contributed by atoms with Crippen molar-refractivity contribution in [3.05, 3.63) is 40.8 Å². The molecule has 1 aromatic heterocycles. The number of rotatable bonds is 7. The molecule has 8 heteroatoms. The van der Waals surface area contributed by atoms with E-state index in [1.54, 1.807) is 36.9 Å². The van der Waals surface area contributed by atoms with Crippen LogP contribution in [0.25, 0.3) is 0 Å². The first kappa shape index (κ1) is 20.9. The zero-order valence-electron chi connectivity index (χ0n) is 16.7. The van der Waals surface area contributed by atoms with Crippen LogP contribution in [0.4, 0.5) is 10.7 Å². The third-order valence-corrected chi connectivity index (χ3v) is 5.71. The highest BCUT2D eigenvalue weighted by Crippen LogP contribution is 2.34. The standard InChI is InChI=1S/C21H24N2O5S/c1-4-14-12-15(21(26)27-5-2)19(29-14)22-18(24)10-11-23-16-8-6-7-9-17(16)28-13(3)20(23)25/h6-9,12-13H,4-5,10-11H2,1-3H3,(H,22,24). The number of ether oxygens (including phenoxy) is 2. The number of hydrogen-bond donors (Lipinski definition) is 1. The molecular weight excluding hydrogens is 392 g/mol. The Kier molecular flexibility index (Phi) is 6.53. The Bertz CT molecular complexity index is 924. The van der Waals surface area contributed by atoms with E-state index in [1.807, 2.05) is 19.1 Å². The van der Waals surface area contributed by atoms with Crippen molar-refractivity contribution in [2.45, 2.75) is 39.7 Å². The van der Waals surface area contributed by atoms with Gasteiger partial charge in [0.15, 0.2) is 6.10 Å². The van der Waals surface area contributed by atoms with E-state index in [1.165, 1.54) is 11.3 Å². The van der Waals surface area contributed by atoms with Crippen molar-refractivity contribution in [1.29, 1.82) is 0 Å². The van der Waals surface area contributed by atoms with Crippen LogP contribution in [0.5, 0.6) is 5.75 Å². The number of amides is 2. The number of aryl methyl sites for hydroxylation is 1. The lowest BCUT2D eigenvalue weighted by Gasteiger charge is -2.32. The molecular formula is C21H24N2O5S. The van der Waals surface area contributed by atoms with Crippen LogP contribution in [0, 0.1) is 0 Å². The molecule has 0 spiro atoms. The molecule has 7 nitrogen and oxygen atoms in total. The molecule has 154 valence electrons. The Morgan fingerprint density at radius 2 is 2.03 bits per heavy atom. The van der Waals surface area contributed by atoms with E-state index < -0.39 is 12.1 Å². The summed E-state index contributed by atoms with van der Waals surface area (Å²) < 4.78 is 10.7. The zero-order valence-corrected chi connectivity index (χ0v) is 17.5. The van der Waals surface area contributed by atoms with Gasteiger partial charge in [0.1, 0.15) is 10.8 Å². The first-order valence-corrected chi connectivity index (χ1v) is 10.4. The predicted octanol–water partition coefficient (Wildman–Crippen LogP) is 3.63. The Morgan fingerprint density at radius 1 is 1.28 bits per heavy atom. The fourth-order valence-electron chi connectivity index (χ4n) is 3.06. The van der Waals surface area contributed by atoms with E-state index in [-0.39, 0.29) is 31.4 Å². The summed E-state index contributed by atoms with van der Waals surface area (Å²) in [5.74, 6) is -0.294. The molecule has 3 rings (SSSR count). The Balaban J connectivity index is 1.70. The van der Waals surface area contributed by atoms with Gasteiger partial charge >= 0.3 is 5.97 Å². The topological polar surface area (TPSA) is 84.9 Å². The average Bonchev–Trinajstić information content (AvgIpc) is 3.11. The highest BCUT2D eigenvalue weighted by Gasteiger charge is 2.31. The van der Waals surface area contributed by atoms with E-state index in [0.29, 0.717) is 22.0 Å². The van der Waals surface area contributed by atoms with Gasteiger partial charge in [-0.1, -0.05) is 19.1 Å². The number of thiophene rings is 1. The largest absolute Gasteiger partial charge is 0.479 e. The van der Waals surface area contributed by atoms with Gasteiger partial charge in [-0.2, -0.15) is 0 Å². The first-order chi connectivity index (χ1) is 13.9. The molecule has 1 atom stereocenters. The number of esters is 1. The summed E-state index contributed by atoms with van der Waals surface area (Å²) in [6.07, 6.45) is 0.242. The number of carbonyl (C=O) groups is 3. The monoisotopic (exact) mass is 416 g/mol. The molecule has 2 heterocycles. The van der Waals surface area contributed by atoms with Crippen LogP contribution < -0.4 is 15.0 Å². The number of para-hydroxylation sites is 2. The van der Waals surface area contributed by atoms with E-state index in [9.17, 15) is 14.4 Å². The fraction of sp³-hybridized carbons (Fsp3) is 0.381. The zero-order chi connectivity index (χ0) is 21.0. The quantitative estimate of drug-likeness (QED) is 0.697. The van der Waals surface area contributed by atoms with Crippen LogP contribution in [0.15, 0.2) is 30.3 Å². The summed E-state index contributed by atoms with van der Waals surface area (Å²) in [5, 5.41) is 3.28. The van der Waals surface area contributed by atoms with Crippen LogP contribution in [-0.4, -0.2) is 37.0 Å². The fourth-order valence-corrected chi connectivity index (χ4v) is 4.06. The van der Waals surface area contributed by atoms with Gasteiger partial charge in [0.25, 0.3) is 5.91 Å². The van der Waals surface area contributed by atoms with Crippen LogP contribution in [0.3, 0.4) is 0 Å². The number of fused-ring (bicyclic) bond motifs is 1. The van der Waals surface area contributed by atoms with Gasteiger partial charge < -0.3 is 19.7 Å². The lowest BCUT2D eigenvalue weighted by atomic mass is 10.1. The molecule has 0 fully saturated rings. The van der Waals surface area contributed by atoms with E-state index in [2.05, 4.69) is 5.32 Å². The number of anilines is 2. The smallest absolute Gasteiger partial charge is 0.341 e. The Labute approximate surface area is 173 Å². The third kappa shape index (κ3) is 4.59. The molecule has 0 radical (unpaired) electrons. The third-order valence-electron chi connectivity index (χ3n) is 4.52. The summed E-state index contributed by atoms with van der Waals surface area (Å²) in [5.41, 5.74) is 1.02. The summed E-state index contributed by atoms with van der Waals surface area (Å²) in [6.45, 7) is 5.89. The number of nitrogens with zero attached hydrogens (tertiary/aromatic N) is 1. The molecule has 2 aromatic rings. The highest BCUT2D eigenvalue weighted by atomic mass is 32.1. The minimum Gasteiger partial charge on any atom is -0.479 e. The van der Waals surface area contributed by atoms with Gasteiger partial charge in [0.05, 0.1) is 17.9 Å². The number of carbonyl (C=O) groups excluding carboxylic acids is 3. The van der Waals surface area contributed by atoms with E-state index in [4.69, 9.17) is 9.47 Å². The normalized spacial score (nSPS) is 15.5. The lowest BCUT2D eigenvalue weighted by molar-refractivity contribution is -0.125. The molecule has 0 saturated carbocycles. The lowest BCUT2D eigenvalue weighted by Crippen LogP contribution is -2.45. The van der Waals surface area contributed by atoms with Crippen molar-refractivity contribution in [3.8, 4) is 5.75 Å². The second-order valence-corrected chi connectivity index (χ2v) is 7.68. The molecule has 0 bridgehead atoms. The minimum absolute atomic E-state index is 0.0917. The predicted molar refractivity (Wildman–Crippen MR) is 112 cm³/mol. The van der Waals surface area contributed by atoms with Crippen molar-refractivity contribution in [1.82, 2.24) is 0 Å². The van der Waals surface area contributed by atoms with Crippen molar-refractivity contribution in [2.24, 2.45) is 0 Å². The second kappa shape index (κ2) is 9.09. The van der Waals surface area contributed by atoms with Crippen molar-refractivity contribution in [3.63, 3.8) is 0 Å². The summed E-state index contributed by atoms with van der Waals surface area (Å²) >= 11 is 1.36. The number of hydrogen-bond acceptors (Lipinski definition) is 6. The Morgan fingerprint density at radius 3 is 2.76 bits per heavy atom. The van der Waals surface area contributed by atoms with Gasteiger partial charge in [0, 0.05) is 17.8 Å².